The van der Waals surface area contributed by atoms with Crippen molar-refractivity contribution < 1.29 is 28.3 Å². The highest BCUT2D eigenvalue weighted by molar-refractivity contribution is 6.21. The van der Waals surface area contributed by atoms with Gasteiger partial charge in [0.2, 0.25) is 5.78 Å². The lowest BCUT2D eigenvalue weighted by molar-refractivity contribution is 0.0474. The van der Waals surface area contributed by atoms with Gasteiger partial charge in [0.1, 0.15) is 5.76 Å². The van der Waals surface area contributed by atoms with Gasteiger partial charge >= 0.3 is 5.97 Å². The number of benzene rings is 2. The number of ketones is 1. The lowest BCUT2D eigenvalue weighted by atomic mass is 9.98. The largest absolute Gasteiger partial charge is 0.467 e. The standard InChI is InChI=1S/C25H21NO6/c1-14-9-16(3)20(10-15(14)2)22(27)13-32-25(30)17-6-7-19-21(11-17)24(29)26(23(19)28)12-18-5-4-8-31-18/h4-11H,12-13H2,1-3H3. The Morgan fingerprint density at radius 3 is 2.34 bits per heavy atom. The van der Waals surface area contributed by atoms with E-state index < -0.39 is 24.4 Å². The fraction of sp³-hybridized carbons (Fsp3) is 0.200. The highest BCUT2D eigenvalue weighted by atomic mass is 16.5. The van der Waals surface area contributed by atoms with Crippen LogP contribution in [0.2, 0.25) is 0 Å². The molecule has 2 amide bonds. The highest BCUT2D eigenvalue weighted by Gasteiger charge is 2.36. The molecule has 0 radical (unpaired) electrons. The van der Waals surface area contributed by atoms with Crippen molar-refractivity contribution in [1.82, 2.24) is 4.90 Å². The summed E-state index contributed by atoms with van der Waals surface area (Å²) in [5, 5.41) is 0. The molecule has 0 atom stereocenters. The molecular weight excluding hydrogens is 410 g/mol. The second kappa shape index (κ2) is 8.26. The van der Waals surface area contributed by atoms with Gasteiger partial charge in [0.05, 0.1) is 29.5 Å². The second-order valence-electron chi connectivity index (χ2n) is 7.79. The molecule has 0 saturated carbocycles. The summed E-state index contributed by atoms with van der Waals surface area (Å²) in [7, 11) is 0. The van der Waals surface area contributed by atoms with Crippen LogP contribution in [-0.2, 0) is 11.3 Å². The molecule has 1 aromatic heterocycles. The number of aryl methyl sites for hydroxylation is 3. The maximum absolute atomic E-state index is 12.7. The zero-order chi connectivity index (χ0) is 23.0. The number of esters is 1. The maximum atomic E-state index is 12.7. The van der Waals surface area contributed by atoms with E-state index in [4.69, 9.17) is 9.15 Å². The van der Waals surface area contributed by atoms with Crippen molar-refractivity contribution in [2.24, 2.45) is 0 Å². The van der Waals surface area contributed by atoms with Crippen molar-refractivity contribution >= 4 is 23.6 Å². The Hall–Kier alpha value is -4.00. The fourth-order valence-electron chi connectivity index (χ4n) is 3.67. The van der Waals surface area contributed by atoms with Crippen LogP contribution < -0.4 is 0 Å². The minimum atomic E-state index is -0.743. The van der Waals surface area contributed by atoms with Crippen LogP contribution in [0.5, 0.6) is 0 Å². The molecule has 0 spiro atoms. The molecule has 0 bridgehead atoms. The first kappa shape index (κ1) is 21.2. The van der Waals surface area contributed by atoms with Gasteiger partial charge in [-0.2, -0.15) is 0 Å². The molecule has 7 nitrogen and oxygen atoms in total. The van der Waals surface area contributed by atoms with Crippen LogP contribution in [0.3, 0.4) is 0 Å². The Morgan fingerprint density at radius 1 is 0.906 bits per heavy atom. The molecule has 0 saturated heterocycles. The molecule has 32 heavy (non-hydrogen) atoms. The minimum Gasteiger partial charge on any atom is -0.467 e. The first-order valence-electron chi connectivity index (χ1n) is 10.1. The van der Waals surface area contributed by atoms with E-state index >= 15 is 0 Å². The monoisotopic (exact) mass is 431 g/mol. The van der Waals surface area contributed by atoms with E-state index in [1.54, 1.807) is 18.2 Å². The average Bonchev–Trinajstić information content (AvgIpc) is 3.37. The zero-order valence-corrected chi connectivity index (χ0v) is 17.9. The molecule has 4 rings (SSSR count). The lowest BCUT2D eigenvalue weighted by Gasteiger charge is -2.11. The first-order valence-corrected chi connectivity index (χ1v) is 10.1. The van der Waals surface area contributed by atoms with E-state index in [2.05, 4.69) is 0 Å². The number of imide groups is 1. The number of carbonyl (C=O) groups excluding carboxylic acids is 4. The van der Waals surface area contributed by atoms with Crippen LogP contribution in [0.4, 0.5) is 0 Å². The third kappa shape index (κ3) is 3.85. The predicted octanol–water partition coefficient (Wildman–Crippen LogP) is 4.04. The summed E-state index contributed by atoms with van der Waals surface area (Å²) in [6.45, 7) is 5.29. The van der Waals surface area contributed by atoms with Crippen LogP contribution in [-0.4, -0.2) is 35.1 Å². The van der Waals surface area contributed by atoms with Crippen LogP contribution in [0.25, 0.3) is 0 Å². The van der Waals surface area contributed by atoms with Crippen molar-refractivity contribution in [2.45, 2.75) is 27.3 Å². The SMILES string of the molecule is Cc1cc(C)c(C(=O)COC(=O)c2ccc3c(c2)C(=O)N(Cc2ccco2)C3=O)cc1C. The topological polar surface area (TPSA) is 93.9 Å². The molecule has 0 fully saturated rings. The van der Waals surface area contributed by atoms with E-state index in [0.29, 0.717) is 11.3 Å². The van der Waals surface area contributed by atoms with Gasteiger partial charge in [0.15, 0.2) is 6.61 Å². The second-order valence-corrected chi connectivity index (χ2v) is 7.79. The first-order chi connectivity index (χ1) is 15.3. The molecule has 0 N–H and O–H groups in total. The Morgan fingerprint density at radius 2 is 1.62 bits per heavy atom. The number of rotatable bonds is 6. The molecule has 0 unspecified atom stereocenters. The van der Waals surface area contributed by atoms with E-state index in [0.717, 1.165) is 21.6 Å². The summed E-state index contributed by atoms with van der Waals surface area (Å²) < 4.78 is 10.4. The lowest BCUT2D eigenvalue weighted by Crippen LogP contribution is -2.28. The van der Waals surface area contributed by atoms with Gasteiger partial charge in [-0.05, 0) is 73.9 Å². The van der Waals surface area contributed by atoms with Gasteiger partial charge in [-0.3, -0.25) is 19.3 Å². The van der Waals surface area contributed by atoms with Crippen LogP contribution in [0.15, 0.2) is 53.1 Å². The van der Waals surface area contributed by atoms with Gasteiger partial charge in [0, 0.05) is 5.56 Å². The Bertz CT molecular complexity index is 1260. The summed E-state index contributed by atoms with van der Waals surface area (Å²) in [6, 6.07) is 11.2. The summed E-state index contributed by atoms with van der Waals surface area (Å²) >= 11 is 0. The van der Waals surface area contributed by atoms with Gasteiger partial charge < -0.3 is 9.15 Å². The summed E-state index contributed by atoms with van der Waals surface area (Å²) in [6.07, 6.45) is 1.46. The zero-order valence-electron chi connectivity index (χ0n) is 17.9. The number of hydrogen-bond acceptors (Lipinski definition) is 6. The Kier molecular flexibility index (Phi) is 5.48. The van der Waals surface area contributed by atoms with Crippen LogP contribution >= 0.6 is 0 Å². The number of nitrogens with zero attached hydrogens (tertiary/aromatic N) is 1. The molecule has 7 heteroatoms. The Labute approximate surface area is 184 Å². The van der Waals surface area contributed by atoms with Gasteiger partial charge in [-0.15, -0.1) is 0 Å². The van der Waals surface area contributed by atoms with E-state index in [1.165, 1.54) is 24.5 Å². The van der Waals surface area contributed by atoms with Crippen molar-refractivity contribution in [3.63, 3.8) is 0 Å². The predicted molar refractivity (Wildman–Crippen MR) is 115 cm³/mol. The highest BCUT2D eigenvalue weighted by Crippen LogP contribution is 2.26. The molecule has 0 aliphatic carbocycles. The molecule has 2 heterocycles. The molecule has 3 aromatic rings. The summed E-state index contributed by atoms with van der Waals surface area (Å²) in [5.74, 6) is -1.55. The summed E-state index contributed by atoms with van der Waals surface area (Å²) in [5.41, 5.74) is 3.79. The van der Waals surface area contributed by atoms with E-state index in [9.17, 15) is 19.2 Å². The minimum absolute atomic E-state index is 0.00292. The molecule has 1 aliphatic heterocycles. The average molecular weight is 431 g/mol. The number of hydrogen-bond donors (Lipinski definition) is 0. The normalized spacial score (nSPS) is 12.8. The van der Waals surface area contributed by atoms with Crippen molar-refractivity contribution in [2.75, 3.05) is 6.61 Å². The Balaban J connectivity index is 1.47. The van der Waals surface area contributed by atoms with Gasteiger partial charge in [-0.1, -0.05) is 6.07 Å². The maximum Gasteiger partial charge on any atom is 0.338 e. The number of ether oxygens (including phenoxy) is 1. The van der Waals surface area contributed by atoms with E-state index in [1.807, 2.05) is 26.8 Å². The van der Waals surface area contributed by atoms with Crippen molar-refractivity contribution in [1.29, 1.82) is 0 Å². The summed E-state index contributed by atoms with van der Waals surface area (Å²) in [4.78, 5) is 51.4. The molecule has 162 valence electrons. The smallest absolute Gasteiger partial charge is 0.338 e. The third-order valence-corrected chi connectivity index (χ3v) is 5.58. The quantitative estimate of drug-likeness (QED) is 0.332. The molecule has 2 aromatic carbocycles. The van der Waals surface area contributed by atoms with Gasteiger partial charge in [0.25, 0.3) is 11.8 Å². The van der Waals surface area contributed by atoms with Crippen LogP contribution in [0, 0.1) is 20.8 Å². The fourth-order valence-corrected chi connectivity index (χ4v) is 3.67. The number of fused-ring (bicyclic) bond motifs is 1. The van der Waals surface area contributed by atoms with Crippen LogP contribution in [0.1, 0.15) is 63.9 Å². The number of carbonyl (C=O) groups is 4. The number of furan rings is 1. The molecular formula is C25H21NO6. The van der Waals surface area contributed by atoms with Crippen molar-refractivity contribution in [3.8, 4) is 0 Å². The third-order valence-electron chi connectivity index (χ3n) is 5.58. The van der Waals surface area contributed by atoms with Gasteiger partial charge in [-0.25, -0.2) is 4.79 Å². The molecule has 1 aliphatic rings. The number of Topliss-reactive ketones (excluding diaryl/α,β-unsaturated/α-hetero) is 1. The number of amides is 2. The van der Waals surface area contributed by atoms with Crippen molar-refractivity contribution in [3.05, 3.63) is 93.4 Å². The van der Waals surface area contributed by atoms with E-state index in [-0.39, 0.29) is 29.0 Å².